The Morgan fingerprint density at radius 2 is 2.08 bits per heavy atom. The Kier molecular flexibility index (Phi) is 5.50. The number of carbonyl (C=O) groups is 1. The zero-order valence-corrected chi connectivity index (χ0v) is 15.0. The van der Waals surface area contributed by atoms with Crippen molar-refractivity contribution < 1.29 is 4.79 Å². The van der Waals surface area contributed by atoms with Crippen molar-refractivity contribution in [2.75, 3.05) is 12.3 Å². The van der Waals surface area contributed by atoms with E-state index in [1.54, 1.807) is 12.4 Å². The molecule has 2 aromatic heterocycles. The standard InChI is InChI=1S/C17H23N5OS/c1-3-21-16(14-7-9-18-10-8-14)19-20-17(21)24-12-15(23)22-11-5-4-6-13(22)2/h7-10,13H,3-6,11-12H2,1-2H3/t13-/m1/s1. The van der Waals surface area contributed by atoms with Crippen LogP contribution in [0.3, 0.4) is 0 Å². The van der Waals surface area contributed by atoms with Crippen LogP contribution < -0.4 is 0 Å². The number of rotatable bonds is 5. The number of hydrogen-bond donors (Lipinski definition) is 0. The van der Waals surface area contributed by atoms with E-state index in [1.807, 2.05) is 21.6 Å². The molecular formula is C17H23N5OS. The van der Waals surface area contributed by atoms with Crippen LogP contribution in [0.15, 0.2) is 29.7 Å². The molecule has 0 saturated carbocycles. The molecule has 1 atom stereocenters. The van der Waals surface area contributed by atoms with Crippen LogP contribution in [0.25, 0.3) is 11.4 Å². The van der Waals surface area contributed by atoms with E-state index in [2.05, 4.69) is 29.0 Å². The third-order valence-electron chi connectivity index (χ3n) is 4.42. The first-order valence-corrected chi connectivity index (χ1v) is 9.45. The average molecular weight is 345 g/mol. The topological polar surface area (TPSA) is 63.9 Å². The van der Waals surface area contributed by atoms with Crippen LogP contribution in [0.1, 0.15) is 33.1 Å². The van der Waals surface area contributed by atoms with Gasteiger partial charge >= 0.3 is 0 Å². The highest BCUT2D eigenvalue weighted by molar-refractivity contribution is 7.99. The van der Waals surface area contributed by atoms with Crippen LogP contribution in [-0.2, 0) is 11.3 Å². The van der Waals surface area contributed by atoms with Gasteiger partial charge in [-0.15, -0.1) is 10.2 Å². The smallest absolute Gasteiger partial charge is 0.233 e. The highest BCUT2D eigenvalue weighted by atomic mass is 32.2. The van der Waals surface area contributed by atoms with Crippen molar-refractivity contribution in [1.29, 1.82) is 0 Å². The molecule has 3 rings (SSSR count). The molecule has 2 aromatic rings. The molecule has 3 heterocycles. The Morgan fingerprint density at radius 3 is 2.79 bits per heavy atom. The molecule has 1 aliphatic rings. The van der Waals surface area contributed by atoms with E-state index in [0.29, 0.717) is 11.8 Å². The molecule has 7 heteroatoms. The molecule has 0 unspecified atom stereocenters. The van der Waals surface area contributed by atoms with Crippen molar-refractivity contribution in [3.05, 3.63) is 24.5 Å². The first kappa shape index (κ1) is 17.0. The lowest BCUT2D eigenvalue weighted by atomic mass is 10.0. The maximum atomic E-state index is 12.5. The van der Waals surface area contributed by atoms with Gasteiger partial charge in [-0.2, -0.15) is 0 Å². The molecule has 6 nitrogen and oxygen atoms in total. The first-order chi connectivity index (χ1) is 11.7. The predicted molar refractivity (Wildman–Crippen MR) is 94.7 cm³/mol. The lowest BCUT2D eigenvalue weighted by molar-refractivity contribution is -0.131. The molecule has 0 spiro atoms. The van der Waals surface area contributed by atoms with Gasteiger partial charge < -0.3 is 9.47 Å². The molecule has 24 heavy (non-hydrogen) atoms. The Balaban J connectivity index is 1.69. The molecule has 0 aromatic carbocycles. The van der Waals surface area contributed by atoms with Crippen molar-refractivity contribution in [3.63, 3.8) is 0 Å². The Morgan fingerprint density at radius 1 is 1.29 bits per heavy atom. The summed E-state index contributed by atoms with van der Waals surface area (Å²) in [5, 5.41) is 9.38. The number of pyridine rings is 1. The number of aromatic nitrogens is 4. The third kappa shape index (κ3) is 3.61. The van der Waals surface area contributed by atoms with Crippen LogP contribution in [0.5, 0.6) is 0 Å². The molecule has 1 amide bonds. The van der Waals surface area contributed by atoms with E-state index >= 15 is 0 Å². The van der Waals surface area contributed by atoms with Gasteiger partial charge in [0.05, 0.1) is 5.75 Å². The Labute approximate surface area is 146 Å². The van der Waals surface area contributed by atoms with Crippen molar-refractivity contribution in [2.45, 2.75) is 50.9 Å². The molecule has 0 bridgehead atoms. The maximum Gasteiger partial charge on any atom is 0.233 e. The third-order valence-corrected chi connectivity index (χ3v) is 5.37. The van der Waals surface area contributed by atoms with Gasteiger partial charge in [-0.1, -0.05) is 11.8 Å². The van der Waals surface area contributed by atoms with Gasteiger partial charge in [-0.3, -0.25) is 9.78 Å². The van der Waals surface area contributed by atoms with Crippen molar-refractivity contribution in [2.24, 2.45) is 0 Å². The van der Waals surface area contributed by atoms with E-state index in [-0.39, 0.29) is 5.91 Å². The summed E-state index contributed by atoms with van der Waals surface area (Å²) in [6.07, 6.45) is 6.93. The number of carbonyl (C=O) groups excluding carboxylic acids is 1. The van der Waals surface area contributed by atoms with Crippen LogP contribution in [0.2, 0.25) is 0 Å². The second-order valence-corrected chi connectivity index (χ2v) is 6.95. The molecule has 0 aliphatic carbocycles. The highest BCUT2D eigenvalue weighted by Gasteiger charge is 2.24. The van der Waals surface area contributed by atoms with Crippen molar-refractivity contribution >= 4 is 17.7 Å². The number of nitrogens with zero attached hydrogens (tertiary/aromatic N) is 5. The van der Waals surface area contributed by atoms with Gasteiger partial charge in [0.2, 0.25) is 5.91 Å². The van der Waals surface area contributed by atoms with E-state index in [9.17, 15) is 4.79 Å². The fourth-order valence-electron chi connectivity index (χ4n) is 3.07. The maximum absolute atomic E-state index is 12.5. The van der Waals surface area contributed by atoms with E-state index in [4.69, 9.17) is 0 Å². The lowest BCUT2D eigenvalue weighted by Gasteiger charge is -2.33. The number of piperidine rings is 1. The molecule has 0 N–H and O–H groups in total. The fourth-order valence-corrected chi connectivity index (χ4v) is 3.96. The quantitative estimate of drug-likeness (QED) is 0.780. The van der Waals surface area contributed by atoms with E-state index < -0.39 is 0 Å². The fraction of sp³-hybridized carbons (Fsp3) is 0.529. The zero-order valence-electron chi connectivity index (χ0n) is 14.2. The summed E-state index contributed by atoms with van der Waals surface area (Å²) in [4.78, 5) is 18.5. The van der Waals surface area contributed by atoms with Gasteiger partial charge in [0.1, 0.15) is 0 Å². The van der Waals surface area contributed by atoms with Crippen molar-refractivity contribution in [1.82, 2.24) is 24.6 Å². The Hall–Kier alpha value is -1.89. The van der Waals surface area contributed by atoms with Gasteiger partial charge in [-0.25, -0.2) is 0 Å². The second-order valence-electron chi connectivity index (χ2n) is 6.01. The number of likely N-dealkylation sites (tertiary alicyclic amines) is 1. The van der Waals surface area contributed by atoms with Gasteiger partial charge in [0.15, 0.2) is 11.0 Å². The minimum absolute atomic E-state index is 0.198. The van der Waals surface area contributed by atoms with Gasteiger partial charge in [0.25, 0.3) is 0 Å². The van der Waals surface area contributed by atoms with E-state index in [1.165, 1.54) is 18.2 Å². The lowest BCUT2D eigenvalue weighted by Crippen LogP contribution is -2.43. The molecule has 128 valence electrons. The molecule has 1 saturated heterocycles. The summed E-state index contributed by atoms with van der Waals surface area (Å²) in [5.41, 5.74) is 0.988. The largest absolute Gasteiger partial charge is 0.339 e. The van der Waals surface area contributed by atoms with E-state index in [0.717, 1.165) is 42.5 Å². The summed E-state index contributed by atoms with van der Waals surface area (Å²) in [6, 6.07) is 4.19. The predicted octanol–water partition coefficient (Wildman–Crippen LogP) is 2.85. The van der Waals surface area contributed by atoms with Gasteiger partial charge in [-0.05, 0) is 45.2 Å². The zero-order chi connectivity index (χ0) is 16.9. The summed E-state index contributed by atoms with van der Waals surface area (Å²) < 4.78 is 2.05. The second kappa shape index (κ2) is 7.79. The van der Waals surface area contributed by atoms with Gasteiger partial charge in [0, 0.05) is 37.1 Å². The summed E-state index contributed by atoms with van der Waals surface area (Å²) in [6.45, 7) is 5.84. The molecular weight excluding hydrogens is 322 g/mol. The monoisotopic (exact) mass is 345 g/mol. The summed E-state index contributed by atoms with van der Waals surface area (Å²) in [7, 11) is 0. The first-order valence-electron chi connectivity index (χ1n) is 8.46. The average Bonchev–Trinajstić information content (AvgIpc) is 3.03. The minimum Gasteiger partial charge on any atom is -0.339 e. The van der Waals surface area contributed by atoms with Crippen LogP contribution in [0.4, 0.5) is 0 Å². The minimum atomic E-state index is 0.198. The Bertz CT molecular complexity index is 688. The van der Waals surface area contributed by atoms with Crippen LogP contribution in [-0.4, -0.2) is 48.9 Å². The molecule has 1 aliphatic heterocycles. The molecule has 1 fully saturated rings. The van der Waals surface area contributed by atoms with Crippen molar-refractivity contribution in [3.8, 4) is 11.4 Å². The normalized spacial score (nSPS) is 17.9. The van der Waals surface area contributed by atoms with Crippen LogP contribution >= 0.6 is 11.8 Å². The molecule has 0 radical (unpaired) electrons. The number of amides is 1. The van der Waals surface area contributed by atoms with Crippen LogP contribution in [0, 0.1) is 0 Å². The number of thioether (sulfide) groups is 1. The summed E-state index contributed by atoms with van der Waals surface area (Å²) in [5.74, 6) is 1.43. The summed E-state index contributed by atoms with van der Waals surface area (Å²) >= 11 is 1.47. The highest BCUT2D eigenvalue weighted by Crippen LogP contribution is 2.25. The number of hydrogen-bond acceptors (Lipinski definition) is 5. The SMILES string of the molecule is CCn1c(SCC(=O)N2CCCC[C@H]2C)nnc1-c1ccncc1.